The molecule has 2 aromatic rings. The summed E-state index contributed by atoms with van der Waals surface area (Å²) in [6, 6.07) is 7.13. The van der Waals surface area contributed by atoms with E-state index in [9.17, 15) is 19.3 Å². The molecule has 0 spiro atoms. The van der Waals surface area contributed by atoms with Gasteiger partial charge in [-0.3, -0.25) is 10.1 Å². The van der Waals surface area contributed by atoms with Crippen molar-refractivity contribution >= 4 is 11.7 Å². The lowest BCUT2D eigenvalue weighted by Crippen LogP contribution is -2.01. The van der Waals surface area contributed by atoms with Gasteiger partial charge in [-0.1, -0.05) is 6.07 Å². The van der Waals surface area contributed by atoms with Crippen molar-refractivity contribution in [1.82, 2.24) is 0 Å². The molecule has 2 rings (SSSR count). The molecular weight excluding hydrogens is 281 g/mol. The highest BCUT2D eigenvalue weighted by Gasteiger charge is 2.18. The molecule has 0 saturated carbocycles. The van der Waals surface area contributed by atoms with Crippen molar-refractivity contribution in [2.45, 2.75) is 6.92 Å². The van der Waals surface area contributed by atoms with E-state index in [-0.39, 0.29) is 28.3 Å². The maximum Gasteiger partial charge on any atom is 0.339 e. The minimum absolute atomic E-state index is 0.0947. The predicted molar refractivity (Wildman–Crippen MR) is 71.3 cm³/mol. The zero-order valence-corrected chi connectivity index (χ0v) is 10.9. The Balaban J connectivity index is 2.48. The van der Waals surface area contributed by atoms with Gasteiger partial charge in [0.25, 0.3) is 5.69 Å². The smallest absolute Gasteiger partial charge is 0.339 e. The van der Waals surface area contributed by atoms with E-state index in [1.165, 1.54) is 25.1 Å². The van der Waals surface area contributed by atoms with Crippen molar-refractivity contribution in [2.24, 2.45) is 0 Å². The fraction of sp³-hybridized carbons (Fsp3) is 0.0714. The Morgan fingerprint density at radius 1 is 1.29 bits per heavy atom. The first-order valence-corrected chi connectivity index (χ1v) is 5.85. The summed E-state index contributed by atoms with van der Waals surface area (Å²) in [5, 5.41) is 19.9. The van der Waals surface area contributed by atoms with E-state index in [0.717, 1.165) is 18.2 Å². The van der Waals surface area contributed by atoms with Gasteiger partial charge in [0.15, 0.2) is 0 Å². The van der Waals surface area contributed by atoms with Crippen LogP contribution >= 0.6 is 0 Å². The summed E-state index contributed by atoms with van der Waals surface area (Å²) in [5.74, 6) is -2.07. The summed E-state index contributed by atoms with van der Waals surface area (Å²) in [4.78, 5) is 21.3. The number of carboxylic acid groups (broad SMARTS) is 1. The van der Waals surface area contributed by atoms with Gasteiger partial charge >= 0.3 is 5.97 Å². The van der Waals surface area contributed by atoms with E-state index >= 15 is 0 Å². The number of carbonyl (C=O) groups is 1. The molecule has 0 fully saturated rings. The second-order valence-electron chi connectivity index (χ2n) is 4.21. The van der Waals surface area contributed by atoms with Crippen molar-refractivity contribution in [3.63, 3.8) is 0 Å². The molecule has 7 heteroatoms. The number of hydrogen-bond acceptors (Lipinski definition) is 4. The molecule has 108 valence electrons. The molecule has 0 aliphatic rings. The van der Waals surface area contributed by atoms with E-state index in [4.69, 9.17) is 9.84 Å². The van der Waals surface area contributed by atoms with E-state index in [0.29, 0.717) is 0 Å². The van der Waals surface area contributed by atoms with Gasteiger partial charge in [0.2, 0.25) is 0 Å². The van der Waals surface area contributed by atoms with Gasteiger partial charge < -0.3 is 9.84 Å². The van der Waals surface area contributed by atoms with Crippen molar-refractivity contribution in [3.8, 4) is 11.5 Å². The molecular formula is C14H10FNO5. The van der Waals surface area contributed by atoms with E-state index in [1.54, 1.807) is 0 Å². The standard InChI is InChI=1S/C14H10FNO5/c1-8-11(16(19)20)3-2-4-12(8)21-13-7-9(15)5-6-10(13)14(17)18/h2-7H,1H3,(H,17,18). The van der Waals surface area contributed by atoms with Gasteiger partial charge in [-0.05, 0) is 25.1 Å². The quantitative estimate of drug-likeness (QED) is 0.687. The molecule has 0 amide bonds. The fourth-order valence-electron chi connectivity index (χ4n) is 1.79. The number of ether oxygens (including phenoxy) is 1. The summed E-state index contributed by atoms with van der Waals surface area (Å²) in [7, 11) is 0. The number of halogens is 1. The van der Waals surface area contributed by atoms with Crippen LogP contribution in [0.15, 0.2) is 36.4 Å². The maximum atomic E-state index is 13.2. The Kier molecular flexibility index (Phi) is 3.84. The summed E-state index contributed by atoms with van der Waals surface area (Å²) in [6.07, 6.45) is 0. The molecule has 0 bridgehead atoms. The van der Waals surface area contributed by atoms with Crippen LogP contribution in [0.5, 0.6) is 11.5 Å². The van der Waals surface area contributed by atoms with Crippen molar-refractivity contribution in [3.05, 3.63) is 63.5 Å². The van der Waals surface area contributed by atoms with Crippen LogP contribution in [0.3, 0.4) is 0 Å². The zero-order chi connectivity index (χ0) is 15.6. The molecule has 0 unspecified atom stereocenters. The summed E-state index contributed by atoms with van der Waals surface area (Å²) in [6.45, 7) is 1.47. The third kappa shape index (κ3) is 2.97. The maximum absolute atomic E-state index is 13.2. The van der Waals surface area contributed by atoms with Crippen LogP contribution in [0.2, 0.25) is 0 Å². The Morgan fingerprint density at radius 3 is 2.62 bits per heavy atom. The van der Waals surface area contributed by atoms with Gasteiger partial charge in [-0.15, -0.1) is 0 Å². The minimum atomic E-state index is -1.28. The van der Waals surface area contributed by atoms with Crippen LogP contribution in [-0.4, -0.2) is 16.0 Å². The normalized spacial score (nSPS) is 10.2. The number of carboxylic acids is 1. The zero-order valence-electron chi connectivity index (χ0n) is 10.9. The third-order valence-electron chi connectivity index (χ3n) is 2.85. The number of aromatic carboxylic acids is 1. The number of nitro groups is 1. The first kappa shape index (κ1) is 14.4. The molecule has 0 saturated heterocycles. The van der Waals surface area contributed by atoms with Gasteiger partial charge in [0.05, 0.1) is 10.5 Å². The lowest BCUT2D eigenvalue weighted by molar-refractivity contribution is -0.385. The van der Waals surface area contributed by atoms with Gasteiger partial charge in [0.1, 0.15) is 22.9 Å². The minimum Gasteiger partial charge on any atom is -0.478 e. The molecule has 0 aliphatic heterocycles. The van der Waals surface area contributed by atoms with Gasteiger partial charge in [-0.25, -0.2) is 9.18 Å². The third-order valence-corrected chi connectivity index (χ3v) is 2.85. The monoisotopic (exact) mass is 291 g/mol. The van der Waals surface area contributed by atoms with Crippen LogP contribution in [0.25, 0.3) is 0 Å². The number of rotatable bonds is 4. The molecule has 0 atom stereocenters. The molecule has 1 N–H and O–H groups in total. The summed E-state index contributed by atoms with van der Waals surface area (Å²) in [5.41, 5.74) is -0.175. The number of nitro benzene ring substituents is 1. The van der Waals surface area contributed by atoms with Crippen LogP contribution in [0, 0.1) is 22.9 Å². The van der Waals surface area contributed by atoms with Gasteiger partial charge in [0, 0.05) is 12.1 Å². The van der Waals surface area contributed by atoms with Crippen LogP contribution in [0.1, 0.15) is 15.9 Å². The van der Waals surface area contributed by atoms with Crippen LogP contribution in [-0.2, 0) is 0 Å². The first-order valence-electron chi connectivity index (χ1n) is 5.85. The molecule has 2 aromatic carbocycles. The highest BCUT2D eigenvalue weighted by molar-refractivity contribution is 5.91. The lowest BCUT2D eigenvalue weighted by atomic mass is 10.1. The average molecular weight is 291 g/mol. The topological polar surface area (TPSA) is 89.7 Å². The molecule has 6 nitrogen and oxygen atoms in total. The molecule has 0 aromatic heterocycles. The molecule has 0 heterocycles. The molecule has 0 radical (unpaired) electrons. The van der Waals surface area contributed by atoms with E-state index < -0.39 is 16.7 Å². The summed E-state index contributed by atoms with van der Waals surface area (Å²) >= 11 is 0. The first-order chi connectivity index (χ1) is 9.90. The highest BCUT2D eigenvalue weighted by atomic mass is 19.1. The average Bonchev–Trinajstić information content (AvgIpc) is 2.40. The number of nitrogens with zero attached hydrogens (tertiary/aromatic N) is 1. The van der Waals surface area contributed by atoms with Crippen LogP contribution < -0.4 is 4.74 Å². The number of hydrogen-bond donors (Lipinski definition) is 1. The Bertz CT molecular complexity index is 729. The second kappa shape index (κ2) is 5.58. The largest absolute Gasteiger partial charge is 0.478 e. The summed E-state index contributed by atoms with van der Waals surface area (Å²) < 4.78 is 18.6. The lowest BCUT2D eigenvalue weighted by Gasteiger charge is -2.11. The van der Waals surface area contributed by atoms with Crippen molar-refractivity contribution in [2.75, 3.05) is 0 Å². The number of benzene rings is 2. The van der Waals surface area contributed by atoms with Crippen LogP contribution in [0.4, 0.5) is 10.1 Å². The molecule has 0 aliphatic carbocycles. The Morgan fingerprint density at radius 2 is 2.00 bits per heavy atom. The predicted octanol–water partition coefficient (Wildman–Crippen LogP) is 3.53. The molecule has 21 heavy (non-hydrogen) atoms. The fourth-order valence-corrected chi connectivity index (χ4v) is 1.79. The Hall–Kier alpha value is -2.96. The van der Waals surface area contributed by atoms with Crippen molar-refractivity contribution < 1.29 is 24.0 Å². The van der Waals surface area contributed by atoms with Gasteiger partial charge in [-0.2, -0.15) is 0 Å². The Labute approximate surface area is 118 Å². The van der Waals surface area contributed by atoms with E-state index in [1.807, 2.05) is 0 Å². The van der Waals surface area contributed by atoms with Crippen molar-refractivity contribution in [1.29, 1.82) is 0 Å². The SMILES string of the molecule is Cc1c(Oc2cc(F)ccc2C(=O)O)cccc1[N+](=O)[O-]. The second-order valence-corrected chi connectivity index (χ2v) is 4.21. The highest BCUT2D eigenvalue weighted by Crippen LogP contribution is 2.32. The van der Waals surface area contributed by atoms with E-state index in [2.05, 4.69) is 0 Å².